The van der Waals surface area contributed by atoms with Gasteiger partial charge in [-0.15, -0.1) is 0 Å². The van der Waals surface area contributed by atoms with Gasteiger partial charge in [-0.2, -0.15) is 0 Å². The summed E-state index contributed by atoms with van der Waals surface area (Å²) in [6, 6.07) is 0. The van der Waals surface area contributed by atoms with E-state index in [2.05, 4.69) is 45.9 Å². The third-order valence-corrected chi connectivity index (χ3v) is 3.64. The maximum atomic E-state index is 11.2. The third kappa shape index (κ3) is 10.8. The Kier molecular flexibility index (Phi) is 10.1. The summed E-state index contributed by atoms with van der Waals surface area (Å²) < 4.78 is 0. The molecule has 0 radical (unpaired) electrons. The molecule has 114 valence electrons. The molecule has 1 nitrogen and oxygen atoms in total. The van der Waals surface area contributed by atoms with Gasteiger partial charge < -0.3 is 0 Å². The Labute approximate surface area is 125 Å². The Bertz CT molecular complexity index is 379. The number of Topliss-reactive ketones (excluding diaryl/α,β-unsaturated/α-hetero) is 1. The molecule has 0 aliphatic heterocycles. The van der Waals surface area contributed by atoms with Crippen molar-refractivity contribution in [2.45, 2.75) is 73.6 Å². The molecule has 0 bridgehead atoms. The van der Waals surface area contributed by atoms with Crippen LogP contribution in [0.25, 0.3) is 0 Å². The lowest BCUT2D eigenvalue weighted by Gasteiger charge is -2.05. The predicted molar refractivity (Wildman–Crippen MR) is 89.9 cm³/mol. The highest BCUT2D eigenvalue weighted by Gasteiger charge is 2.04. The summed E-state index contributed by atoms with van der Waals surface area (Å²) in [6.07, 6.45) is 12.3. The molecule has 1 unspecified atom stereocenters. The van der Waals surface area contributed by atoms with Gasteiger partial charge in [0.2, 0.25) is 0 Å². The van der Waals surface area contributed by atoms with Crippen molar-refractivity contribution in [2.75, 3.05) is 0 Å². The van der Waals surface area contributed by atoms with Crippen molar-refractivity contribution in [1.29, 1.82) is 0 Å². The first-order chi connectivity index (χ1) is 9.32. The molecule has 0 aliphatic carbocycles. The third-order valence-electron chi connectivity index (χ3n) is 3.64. The van der Waals surface area contributed by atoms with Gasteiger partial charge in [0.15, 0.2) is 0 Å². The fourth-order valence-corrected chi connectivity index (χ4v) is 1.88. The first kappa shape index (κ1) is 18.9. The Balaban J connectivity index is 3.99. The largest absolute Gasteiger partial charge is 0.300 e. The van der Waals surface area contributed by atoms with Crippen LogP contribution in [0.5, 0.6) is 0 Å². The molecule has 0 spiro atoms. The lowest BCUT2D eigenvalue weighted by molar-refractivity contribution is -0.120. The SMILES string of the molecule is CC(=O)C(C)C/C=C(\C)CC/C=C(\C)CCC=C(C)C. The van der Waals surface area contributed by atoms with Crippen LogP contribution in [-0.2, 0) is 4.79 Å². The van der Waals surface area contributed by atoms with Gasteiger partial charge >= 0.3 is 0 Å². The number of rotatable bonds is 9. The van der Waals surface area contributed by atoms with Crippen molar-refractivity contribution in [3.05, 3.63) is 34.9 Å². The van der Waals surface area contributed by atoms with Gasteiger partial charge in [0.1, 0.15) is 5.78 Å². The monoisotopic (exact) mass is 276 g/mol. The second kappa shape index (κ2) is 10.7. The summed E-state index contributed by atoms with van der Waals surface area (Å²) in [6.45, 7) is 12.4. The Morgan fingerprint density at radius 1 is 0.850 bits per heavy atom. The van der Waals surface area contributed by atoms with Crippen LogP contribution in [0.15, 0.2) is 34.9 Å². The molecular weight excluding hydrogens is 244 g/mol. The van der Waals surface area contributed by atoms with Crippen LogP contribution >= 0.6 is 0 Å². The minimum Gasteiger partial charge on any atom is -0.300 e. The van der Waals surface area contributed by atoms with Gasteiger partial charge in [-0.05, 0) is 66.7 Å². The zero-order valence-corrected chi connectivity index (χ0v) is 14.3. The maximum absolute atomic E-state index is 11.2. The molecule has 1 atom stereocenters. The topological polar surface area (TPSA) is 17.1 Å². The summed E-state index contributed by atoms with van der Waals surface area (Å²) in [4.78, 5) is 11.2. The molecule has 0 saturated heterocycles. The standard InChI is InChI=1S/C19H32O/c1-15(2)9-7-10-16(3)11-8-12-17(4)13-14-18(5)19(6)20/h9,11,13,18H,7-8,10,12,14H2,1-6H3/b16-11+,17-13+. The highest BCUT2D eigenvalue weighted by Crippen LogP contribution is 2.13. The quantitative estimate of drug-likeness (QED) is 0.470. The normalized spacial score (nSPS) is 14.1. The van der Waals surface area contributed by atoms with Crippen LogP contribution in [0.2, 0.25) is 0 Å². The molecule has 1 heteroatoms. The molecule has 0 aromatic heterocycles. The van der Waals surface area contributed by atoms with E-state index in [1.165, 1.54) is 16.7 Å². The maximum Gasteiger partial charge on any atom is 0.132 e. The van der Waals surface area contributed by atoms with Crippen LogP contribution in [0.3, 0.4) is 0 Å². The predicted octanol–water partition coefficient (Wildman–Crippen LogP) is 6.02. The molecule has 0 rings (SSSR count). The number of hydrogen-bond acceptors (Lipinski definition) is 1. The number of allylic oxidation sites excluding steroid dienone is 6. The Hall–Kier alpha value is -1.11. The van der Waals surface area contributed by atoms with Gasteiger partial charge in [0, 0.05) is 5.92 Å². The van der Waals surface area contributed by atoms with Crippen molar-refractivity contribution in [1.82, 2.24) is 0 Å². The summed E-state index contributed by atoms with van der Waals surface area (Å²) in [5.74, 6) is 0.440. The van der Waals surface area contributed by atoms with E-state index in [0.717, 1.165) is 32.1 Å². The van der Waals surface area contributed by atoms with E-state index in [-0.39, 0.29) is 11.7 Å². The molecule has 20 heavy (non-hydrogen) atoms. The van der Waals surface area contributed by atoms with E-state index in [0.29, 0.717) is 0 Å². The van der Waals surface area contributed by atoms with Crippen molar-refractivity contribution in [3.8, 4) is 0 Å². The van der Waals surface area contributed by atoms with E-state index in [1.807, 2.05) is 6.92 Å². The lowest BCUT2D eigenvalue weighted by Crippen LogP contribution is -2.04. The molecular formula is C19H32O. The van der Waals surface area contributed by atoms with Crippen LogP contribution < -0.4 is 0 Å². The van der Waals surface area contributed by atoms with Gasteiger partial charge in [-0.1, -0.05) is 41.9 Å². The minimum absolute atomic E-state index is 0.159. The highest BCUT2D eigenvalue weighted by atomic mass is 16.1. The molecule has 0 aromatic carbocycles. The Morgan fingerprint density at radius 3 is 1.85 bits per heavy atom. The fourth-order valence-electron chi connectivity index (χ4n) is 1.88. The van der Waals surface area contributed by atoms with Crippen LogP contribution in [0, 0.1) is 5.92 Å². The van der Waals surface area contributed by atoms with Gasteiger partial charge in [0.05, 0.1) is 0 Å². The van der Waals surface area contributed by atoms with E-state index >= 15 is 0 Å². The van der Waals surface area contributed by atoms with Gasteiger partial charge in [-0.3, -0.25) is 4.79 Å². The van der Waals surface area contributed by atoms with Gasteiger partial charge in [-0.25, -0.2) is 0 Å². The second-order valence-electron chi connectivity index (χ2n) is 6.21. The average molecular weight is 276 g/mol. The van der Waals surface area contributed by atoms with Crippen molar-refractivity contribution < 1.29 is 4.79 Å². The number of ketones is 1. The molecule has 0 fully saturated rings. The van der Waals surface area contributed by atoms with Crippen molar-refractivity contribution >= 4 is 5.78 Å². The second-order valence-corrected chi connectivity index (χ2v) is 6.21. The summed E-state index contributed by atoms with van der Waals surface area (Å²) in [5, 5.41) is 0. The summed E-state index contributed by atoms with van der Waals surface area (Å²) >= 11 is 0. The zero-order chi connectivity index (χ0) is 15.5. The lowest BCUT2D eigenvalue weighted by atomic mass is 10.0. The van der Waals surface area contributed by atoms with Gasteiger partial charge in [0.25, 0.3) is 0 Å². The molecule has 0 saturated carbocycles. The van der Waals surface area contributed by atoms with Crippen molar-refractivity contribution in [2.24, 2.45) is 5.92 Å². The first-order valence-electron chi connectivity index (χ1n) is 7.78. The molecule has 0 aliphatic rings. The van der Waals surface area contributed by atoms with Crippen molar-refractivity contribution in [3.63, 3.8) is 0 Å². The zero-order valence-electron chi connectivity index (χ0n) is 14.3. The molecule has 0 amide bonds. The number of hydrogen-bond donors (Lipinski definition) is 0. The summed E-state index contributed by atoms with van der Waals surface area (Å²) in [5.41, 5.74) is 4.27. The van der Waals surface area contributed by atoms with E-state index in [1.54, 1.807) is 6.92 Å². The number of carbonyl (C=O) groups excluding carboxylic acids is 1. The van der Waals surface area contributed by atoms with Crippen LogP contribution in [-0.4, -0.2) is 5.78 Å². The van der Waals surface area contributed by atoms with Crippen LogP contribution in [0.1, 0.15) is 73.6 Å². The average Bonchev–Trinajstić information content (AvgIpc) is 2.35. The van der Waals surface area contributed by atoms with E-state index in [9.17, 15) is 4.79 Å². The molecule has 0 N–H and O–H groups in total. The molecule has 0 aromatic rings. The molecule has 0 heterocycles. The smallest absolute Gasteiger partial charge is 0.132 e. The highest BCUT2D eigenvalue weighted by molar-refractivity contribution is 5.77. The van der Waals surface area contributed by atoms with E-state index < -0.39 is 0 Å². The fraction of sp³-hybridized carbons (Fsp3) is 0.632. The number of carbonyl (C=O) groups is 1. The Morgan fingerprint density at radius 2 is 1.35 bits per heavy atom. The minimum atomic E-state index is 0.159. The van der Waals surface area contributed by atoms with Crippen LogP contribution in [0.4, 0.5) is 0 Å². The summed E-state index contributed by atoms with van der Waals surface area (Å²) in [7, 11) is 0. The first-order valence-corrected chi connectivity index (χ1v) is 7.78. The van der Waals surface area contributed by atoms with E-state index in [4.69, 9.17) is 0 Å².